The van der Waals surface area contributed by atoms with Gasteiger partial charge in [0.25, 0.3) is 0 Å². The molecule has 0 aliphatic rings. The van der Waals surface area contributed by atoms with E-state index in [1.54, 1.807) is 12.1 Å². The van der Waals surface area contributed by atoms with Crippen LogP contribution < -0.4 is 5.43 Å². The lowest BCUT2D eigenvalue weighted by atomic mass is 10.0. The zero-order valence-electron chi connectivity index (χ0n) is 13.0. The fourth-order valence-corrected chi connectivity index (χ4v) is 3.58. The third-order valence-corrected chi connectivity index (χ3v) is 5.01. The number of halogens is 2. The summed E-state index contributed by atoms with van der Waals surface area (Å²) in [5.41, 5.74) is 4.13. The van der Waals surface area contributed by atoms with Crippen LogP contribution in [-0.4, -0.2) is 17.2 Å². The van der Waals surface area contributed by atoms with Crippen molar-refractivity contribution < 1.29 is 9.90 Å². The van der Waals surface area contributed by atoms with Gasteiger partial charge in [-0.2, -0.15) is 5.10 Å². The molecule has 0 aromatic heterocycles. The fourth-order valence-electron chi connectivity index (χ4n) is 2.49. The van der Waals surface area contributed by atoms with Crippen LogP contribution in [0.1, 0.15) is 11.1 Å². The Morgan fingerprint density at radius 3 is 2.68 bits per heavy atom. The summed E-state index contributed by atoms with van der Waals surface area (Å²) < 4.78 is 1.33. The normalized spacial score (nSPS) is 11.1. The van der Waals surface area contributed by atoms with Crippen LogP contribution in [0.25, 0.3) is 10.8 Å². The average Bonchev–Trinajstić information content (AvgIpc) is 2.60. The SMILES string of the molecule is O=C(Cc1cccc2ccccc12)NN=Cc1cc(O)c(Br)cc1Br. The molecule has 0 saturated heterocycles. The topological polar surface area (TPSA) is 61.7 Å². The lowest BCUT2D eigenvalue weighted by Crippen LogP contribution is -2.19. The predicted octanol–water partition coefficient (Wildman–Crippen LogP) is 4.76. The first-order chi connectivity index (χ1) is 12.0. The molecule has 3 aromatic rings. The van der Waals surface area contributed by atoms with Crippen molar-refractivity contribution in [2.45, 2.75) is 6.42 Å². The van der Waals surface area contributed by atoms with Crippen LogP contribution in [0.2, 0.25) is 0 Å². The van der Waals surface area contributed by atoms with Gasteiger partial charge in [-0.1, -0.05) is 58.4 Å². The van der Waals surface area contributed by atoms with Crippen molar-refractivity contribution in [3.8, 4) is 5.75 Å². The Balaban J connectivity index is 1.70. The number of rotatable bonds is 4. The van der Waals surface area contributed by atoms with E-state index in [0.29, 0.717) is 10.0 Å². The molecule has 2 N–H and O–H groups in total. The number of carbonyl (C=O) groups excluding carboxylic acids is 1. The largest absolute Gasteiger partial charge is 0.507 e. The summed E-state index contributed by atoms with van der Waals surface area (Å²) >= 11 is 6.62. The average molecular weight is 462 g/mol. The second-order valence-corrected chi connectivity index (χ2v) is 7.14. The van der Waals surface area contributed by atoms with E-state index in [4.69, 9.17) is 0 Å². The first kappa shape index (κ1) is 17.6. The number of amides is 1. The van der Waals surface area contributed by atoms with E-state index in [0.717, 1.165) is 20.8 Å². The summed E-state index contributed by atoms with van der Waals surface area (Å²) in [7, 11) is 0. The smallest absolute Gasteiger partial charge is 0.244 e. The molecule has 0 aliphatic carbocycles. The fraction of sp³-hybridized carbons (Fsp3) is 0.0526. The standard InChI is InChI=1S/C19H14Br2N2O2/c20-16-10-17(21)18(24)8-14(16)11-22-23-19(25)9-13-6-3-5-12-4-1-2-7-15(12)13/h1-8,10-11,24H,9H2,(H,23,25). The highest BCUT2D eigenvalue weighted by Gasteiger charge is 2.07. The molecule has 25 heavy (non-hydrogen) atoms. The van der Waals surface area contributed by atoms with Crippen molar-refractivity contribution in [3.05, 3.63) is 74.7 Å². The molecule has 0 unspecified atom stereocenters. The lowest BCUT2D eigenvalue weighted by molar-refractivity contribution is -0.120. The zero-order chi connectivity index (χ0) is 17.8. The number of fused-ring (bicyclic) bond motifs is 1. The lowest BCUT2D eigenvalue weighted by Gasteiger charge is -2.06. The number of hydrazone groups is 1. The Kier molecular flexibility index (Phi) is 5.50. The summed E-state index contributed by atoms with van der Waals surface area (Å²) in [5.74, 6) is -0.100. The summed E-state index contributed by atoms with van der Waals surface area (Å²) in [6.45, 7) is 0. The third kappa shape index (κ3) is 4.27. The van der Waals surface area contributed by atoms with E-state index in [1.165, 1.54) is 6.21 Å². The van der Waals surface area contributed by atoms with Crippen molar-refractivity contribution in [1.82, 2.24) is 5.43 Å². The monoisotopic (exact) mass is 460 g/mol. The molecule has 0 bridgehead atoms. The van der Waals surface area contributed by atoms with Crippen LogP contribution >= 0.6 is 31.9 Å². The van der Waals surface area contributed by atoms with Gasteiger partial charge in [0.1, 0.15) is 5.75 Å². The first-order valence-corrected chi connectivity index (χ1v) is 9.10. The molecule has 1 amide bonds. The molecule has 0 fully saturated rings. The number of carbonyl (C=O) groups is 1. The highest BCUT2D eigenvalue weighted by Crippen LogP contribution is 2.29. The van der Waals surface area contributed by atoms with Crippen molar-refractivity contribution in [1.29, 1.82) is 0 Å². The van der Waals surface area contributed by atoms with Gasteiger partial charge in [-0.15, -0.1) is 0 Å². The van der Waals surface area contributed by atoms with Gasteiger partial charge in [-0.05, 0) is 44.4 Å². The van der Waals surface area contributed by atoms with E-state index in [1.807, 2.05) is 42.5 Å². The van der Waals surface area contributed by atoms with Gasteiger partial charge in [-0.3, -0.25) is 4.79 Å². The van der Waals surface area contributed by atoms with Crippen LogP contribution in [0.3, 0.4) is 0 Å². The number of benzene rings is 3. The van der Waals surface area contributed by atoms with E-state index in [9.17, 15) is 9.90 Å². The van der Waals surface area contributed by atoms with Crippen LogP contribution in [0.5, 0.6) is 5.75 Å². The van der Waals surface area contributed by atoms with E-state index >= 15 is 0 Å². The maximum absolute atomic E-state index is 12.2. The molecule has 6 heteroatoms. The maximum Gasteiger partial charge on any atom is 0.244 e. The molecule has 3 rings (SSSR count). The minimum absolute atomic E-state index is 0.103. The van der Waals surface area contributed by atoms with Crippen LogP contribution in [-0.2, 0) is 11.2 Å². The molecular weight excluding hydrogens is 448 g/mol. The zero-order valence-corrected chi connectivity index (χ0v) is 16.2. The van der Waals surface area contributed by atoms with Gasteiger partial charge in [0, 0.05) is 10.0 Å². The van der Waals surface area contributed by atoms with Crippen molar-refractivity contribution in [2.24, 2.45) is 5.10 Å². The Morgan fingerprint density at radius 1 is 1.08 bits per heavy atom. The highest BCUT2D eigenvalue weighted by molar-refractivity contribution is 9.11. The quantitative estimate of drug-likeness (QED) is 0.434. The number of phenols is 1. The minimum atomic E-state index is -0.204. The van der Waals surface area contributed by atoms with E-state index in [2.05, 4.69) is 42.4 Å². The molecule has 0 saturated carbocycles. The summed E-state index contributed by atoms with van der Waals surface area (Å²) in [4.78, 5) is 12.2. The summed E-state index contributed by atoms with van der Waals surface area (Å²) in [6.07, 6.45) is 1.72. The van der Waals surface area contributed by atoms with Gasteiger partial charge in [0.15, 0.2) is 0 Å². The third-order valence-electron chi connectivity index (χ3n) is 3.69. The van der Waals surface area contributed by atoms with Crippen molar-refractivity contribution in [3.63, 3.8) is 0 Å². The Morgan fingerprint density at radius 2 is 1.84 bits per heavy atom. The second kappa shape index (κ2) is 7.80. The number of hydrogen-bond acceptors (Lipinski definition) is 3. The van der Waals surface area contributed by atoms with Gasteiger partial charge in [-0.25, -0.2) is 5.43 Å². The molecule has 3 aromatic carbocycles. The van der Waals surface area contributed by atoms with E-state index < -0.39 is 0 Å². The molecule has 126 valence electrons. The Labute approximate surface area is 161 Å². The van der Waals surface area contributed by atoms with Crippen molar-refractivity contribution >= 4 is 54.8 Å². The number of nitrogens with one attached hydrogen (secondary N) is 1. The Bertz CT molecular complexity index is 966. The maximum atomic E-state index is 12.2. The molecule has 0 radical (unpaired) electrons. The van der Waals surface area contributed by atoms with Gasteiger partial charge < -0.3 is 5.11 Å². The minimum Gasteiger partial charge on any atom is -0.507 e. The predicted molar refractivity (Wildman–Crippen MR) is 107 cm³/mol. The molecule has 0 heterocycles. The summed E-state index contributed by atoms with van der Waals surface area (Å²) in [6, 6.07) is 17.1. The number of aromatic hydroxyl groups is 1. The van der Waals surface area contributed by atoms with E-state index in [-0.39, 0.29) is 18.1 Å². The number of nitrogens with zero attached hydrogens (tertiary/aromatic N) is 1. The van der Waals surface area contributed by atoms with Gasteiger partial charge in [0.05, 0.1) is 17.1 Å². The number of phenolic OH excluding ortho intramolecular Hbond substituents is 1. The molecule has 0 spiro atoms. The van der Waals surface area contributed by atoms with Crippen LogP contribution in [0, 0.1) is 0 Å². The summed E-state index contributed by atoms with van der Waals surface area (Å²) in [5, 5.41) is 15.8. The van der Waals surface area contributed by atoms with Gasteiger partial charge >= 0.3 is 0 Å². The molecule has 0 atom stereocenters. The van der Waals surface area contributed by atoms with Crippen molar-refractivity contribution in [2.75, 3.05) is 0 Å². The Hall–Kier alpha value is -2.18. The first-order valence-electron chi connectivity index (χ1n) is 7.51. The van der Waals surface area contributed by atoms with Crippen LogP contribution in [0.4, 0.5) is 0 Å². The van der Waals surface area contributed by atoms with Crippen LogP contribution in [0.15, 0.2) is 68.6 Å². The highest BCUT2D eigenvalue weighted by atomic mass is 79.9. The van der Waals surface area contributed by atoms with Gasteiger partial charge in [0.2, 0.25) is 5.91 Å². The number of hydrogen-bond donors (Lipinski definition) is 2. The molecule has 0 aliphatic heterocycles. The second-order valence-electron chi connectivity index (χ2n) is 5.43. The molecular formula is C19H14Br2N2O2. The molecule has 4 nitrogen and oxygen atoms in total.